The quantitative estimate of drug-likeness (QED) is 0.345. The van der Waals surface area contributed by atoms with Crippen molar-refractivity contribution < 1.29 is 28.2 Å². The Morgan fingerprint density at radius 1 is 1.27 bits per heavy atom. The summed E-state index contributed by atoms with van der Waals surface area (Å²) in [4.78, 5) is 19.9. The zero-order valence-corrected chi connectivity index (χ0v) is 19.0. The second-order valence-corrected chi connectivity index (χ2v) is 9.20. The zero-order chi connectivity index (χ0) is 24.2. The van der Waals surface area contributed by atoms with Gasteiger partial charge in [-0.15, -0.1) is 0 Å². The first-order valence-corrected chi connectivity index (χ1v) is 11.6. The molecule has 0 saturated heterocycles. The highest BCUT2D eigenvalue weighted by Crippen LogP contribution is 2.31. The van der Waals surface area contributed by atoms with Crippen LogP contribution in [0.4, 0.5) is 17.3 Å². The molecule has 0 aliphatic rings. The van der Waals surface area contributed by atoms with Gasteiger partial charge in [0, 0.05) is 56.4 Å². The minimum atomic E-state index is -3.70. The number of sulfone groups is 1. The summed E-state index contributed by atoms with van der Waals surface area (Å²) in [5.41, 5.74) is 1.62. The Kier molecular flexibility index (Phi) is 7.26. The summed E-state index contributed by atoms with van der Waals surface area (Å²) >= 11 is 0. The number of hydrogen-bond donors (Lipinski definition) is 4. The van der Waals surface area contributed by atoms with Gasteiger partial charge < -0.3 is 25.6 Å². The number of nitrogens with one attached hydrogen (secondary N) is 2. The molecular formula is C20H24N6O6S. The first-order valence-electron chi connectivity index (χ1n) is 9.73. The molecule has 3 heterocycles. The number of amides is 1. The van der Waals surface area contributed by atoms with Gasteiger partial charge in [0.05, 0.1) is 18.0 Å². The number of pyridine rings is 2. The van der Waals surface area contributed by atoms with Gasteiger partial charge >= 0.3 is 0 Å². The molecule has 0 aromatic carbocycles. The maximum Gasteiger partial charge on any atom is 0.222 e. The van der Waals surface area contributed by atoms with Gasteiger partial charge in [0.15, 0.2) is 14.9 Å². The number of ether oxygens (including phenoxy) is 1. The highest BCUT2D eigenvalue weighted by atomic mass is 32.2. The Balaban J connectivity index is 2.05. The van der Waals surface area contributed by atoms with E-state index in [-0.39, 0.29) is 34.9 Å². The van der Waals surface area contributed by atoms with E-state index in [9.17, 15) is 18.3 Å². The number of nitrogens with zero attached hydrogens (tertiary/aromatic N) is 4. The van der Waals surface area contributed by atoms with Crippen LogP contribution in [0.3, 0.4) is 0 Å². The second-order valence-electron chi connectivity index (χ2n) is 7.24. The van der Waals surface area contributed by atoms with Crippen molar-refractivity contribution in [2.45, 2.75) is 18.1 Å². The number of anilines is 3. The first-order chi connectivity index (χ1) is 15.5. The topological polar surface area (TPSA) is 169 Å². The predicted molar refractivity (Wildman–Crippen MR) is 120 cm³/mol. The van der Waals surface area contributed by atoms with Crippen molar-refractivity contribution in [2.24, 2.45) is 7.05 Å². The Morgan fingerprint density at radius 2 is 2.03 bits per heavy atom. The Hall–Kier alpha value is -3.55. The Labute approximate surface area is 190 Å². The number of carbonyl (C=O) groups is 1. The van der Waals surface area contributed by atoms with Crippen molar-refractivity contribution in [3.8, 4) is 17.0 Å². The summed E-state index contributed by atoms with van der Waals surface area (Å²) in [6.45, 7) is 0.596. The SMILES string of the molecule is CC(=O)Nc1cc(Nc2cc(OCC(O)CO)cc(S(C)(=O)=O)n2)c(-c2ccn(C)n2)cn1. The van der Waals surface area contributed by atoms with Crippen molar-refractivity contribution in [1.82, 2.24) is 19.7 Å². The van der Waals surface area contributed by atoms with E-state index in [0.717, 1.165) is 6.26 Å². The molecule has 4 N–H and O–H groups in total. The van der Waals surface area contributed by atoms with Crippen molar-refractivity contribution in [1.29, 1.82) is 0 Å². The van der Waals surface area contributed by atoms with Crippen LogP contribution in [-0.2, 0) is 21.7 Å². The molecule has 13 heteroatoms. The fraction of sp³-hybridized carbons (Fsp3) is 0.300. The minimum absolute atomic E-state index is 0.121. The van der Waals surface area contributed by atoms with Crippen LogP contribution in [0, 0.1) is 0 Å². The summed E-state index contributed by atoms with van der Waals surface area (Å²) in [5, 5.41) is 28.3. The molecule has 1 unspecified atom stereocenters. The van der Waals surface area contributed by atoms with Crippen molar-refractivity contribution in [3.05, 3.63) is 36.7 Å². The van der Waals surface area contributed by atoms with E-state index in [1.807, 2.05) is 0 Å². The van der Waals surface area contributed by atoms with E-state index >= 15 is 0 Å². The zero-order valence-electron chi connectivity index (χ0n) is 18.2. The van der Waals surface area contributed by atoms with Gasteiger partial charge in [-0.05, 0) is 6.07 Å². The fourth-order valence-corrected chi connectivity index (χ4v) is 3.37. The Morgan fingerprint density at radius 3 is 2.64 bits per heavy atom. The molecule has 0 spiro atoms. The van der Waals surface area contributed by atoms with Crippen molar-refractivity contribution in [2.75, 3.05) is 30.1 Å². The van der Waals surface area contributed by atoms with Gasteiger partial charge in [0.25, 0.3) is 0 Å². The fourth-order valence-electron chi connectivity index (χ4n) is 2.77. The monoisotopic (exact) mass is 476 g/mol. The van der Waals surface area contributed by atoms with Gasteiger partial charge in [-0.2, -0.15) is 5.10 Å². The number of aliphatic hydroxyl groups excluding tert-OH is 2. The third-order valence-electron chi connectivity index (χ3n) is 4.27. The molecule has 0 fully saturated rings. The van der Waals surface area contributed by atoms with Gasteiger partial charge in [-0.25, -0.2) is 18.4 Å². The van der Waals surface area contributed by atoms with Crippen LogP contribution in [0.1, 0.15) is 6.92 Å². The lowest BCUT2D eigenvalue weighted by atomic mass is 10.1. The molecule has 1 atom stereocenters. The third-order valence-corrected chi connectivity index (χ3v) is 5.24. The molecule has 0 aliphatic carbocycles. The van der Waals surface area contributed by atoms with Crippen LogP contribution >= 0.6 is 0 Å². The van der Waals surface area contributed by atoms with Gasteiger partial charge in [-0.1, -0.05) is 0 Å². The van der Waals surface area contributed by atoms with E-state index in [2.05, 4.69) is 25.7 Å². The lowest BCUT2D eigenvalue weighted by Gasteiger charge is -2.15. The summed E-state index contributed by atoms with van der Waals surface area (Å²) < 4.78 is 31.3. The van der Waals surface area contributed by atoms with Crippen molar-refractivity contribution in [3.63, 3.8) is 0 Å². The molecule has 0 radical (unpaired) electrons. The summed E-state index contributed by atoms with van der Waals surface area (Å²) in [5.74, 6) is 0.209. The standard InChI is InChI=1S/C20H24N6O6S/c1-12(28)22-18-8-17(15(9-21-18)16-4-5-26(2)25-16)23-19-6-14(32-11-13(29)10-27)7-20(24-19)33(3,30)31/h4-9,13,27,29H,10-11H2,1-3H3,(H2,21,22,23,24,28). The number of aliphatic hydroxyl groups is 2. The van der Waals surface area contributed by atoms with E-state index in [4.69, 9.17) is 9.84 Å². The van der Waals surface area contributed by atoms with Crippen LogP contribution < -0.4 is 15.4 Å². The van der Waals surface area contributed by atoms with Crippen LogP contribution in [0.2, 0.25) is 0 Å². The number of rotatable bonds is 9. The third kappa shape index (κ3) is 6.47. The average molecular weight is 477 g/mol. The first kappa shape index (κ1) is 24.1. The highest BCUT2D eigenvalue weighted by Gasteiger charge is 2.17. The van der Waals surface area contributed by atoms with E-state index in [1.165, 1.54) is 25.3 Å². The summed E-state index contributed by atoms with van der Waals surface area (Å²) in [6, 6.07) is 6.00. The van der Waals surface area contributed by atoms with E-state index < -0.39 is 22.5 Å². The number of aryl methyl sites for hydroxylation is 1. The molecular weight excluding hydrogens is 452 g/mol. The Bertz CT molecular complexity index is 1260. The molecule has 0 saturated carbocycles. The minimum Gasteiger partial charge on any atom is -0.491 e. The highest BCUT2D eigenvalue weighted by molar-refractivity contribution is 7.90. The number of hydrogen-bond acceptors (Lipinski definition) is 10. The second kappa shape index (κ2) is 9.94. The maximum absolute atomic E-state index is 12.1. The van der Waals surface area contributed by atoms with Crippen LogP contribution in [-0.4, -0.2) is 69.9 Å². The maximum atomic E-state index is 12.1. The molecule has 3 rings (SSSR count). The molecule has 33 heavy (non-hydrogen) atoms. The van der Waals surface area contributed by atoms with Gasteiger partial charge in [0.1, 0.15) is 30.1 Å². The van der Waals surface area contributed by atoms with E-state index in [0.29, 0.717) is 16.9 Å². The molecule has 0 aliphatic heterocycles. The number of aromatic nitrogens is 4. The van der Waals surface area contributed by atoms with Crippen LogP contribution in [0.15, 0.2) is 41.7 Å². The lowest BCUT2D eigenvalue weighted by molar-refractivity contribution is -0.114. The van der Waals surface area contributed by atoms with Crippen LogP contribution in [0.5, 0.6) is 5.75 Å². The summed E-state index contributed by atoms with van der Waals surface area (Å²) in [7, 11) is -1.93. The van der Waals surface area contributed by atoms with Crippen LogP contribution in [0.25, 0.3) is 11.3 Å². The smallest absolute Gasteiger partial charge is 0.222 e. The largest absolute Gasteiger partial charge is 0.491 e. The molecule has 12 nitrogen and oxygen atoms in total. The predicted octanol–water partition coefficient (Wildman–Crippen LogP) is 0.715. The van der Waals surface area contributed by atoms with E-state index in [1.54, 1.807) is 30.1 Å². The molecule has 176 valence electrons. The number of carbonyl (C=O) groups excluding carboxylic acids is 1. The van der Waals surface area contributed by atoms with Crippen molar-refractivity contribution >= 4 is 33.1 Å². The normalized spacial score (nSPS) is 12.3. The molecule has 0 bridgehead atoms. The average Bonchev–Trinajstić information content (AvgIpc) is 3.17. The molecule has 3 aromatic rings. The van der Waals surface area contributed by atoms with Gasteiger partial charge in [0.2, 0.25) is 5.91 Å². The lowest BCUT2D eigenvalue weighted by Crippen LogP contribution is -2.21. The summed E-state index contributed by atoms with van der Waals surface area (Å²) in [6.07, 6.45) is 3.15. The van der Waals surface area contributed by atoms with Gasteiger partial charge in [-0.3, -0.25) is 9.48 Å². The molecule has 3 aromatic heterocycles. The molecule has 1 amide bonds.